The SMILES string of the molecule is [C-]#[N+]C[C@H]1CN(c2nc(OCC34CCCN3CCC4)nc3c(F)c(-c4cccc5c4CCCC5)c(F)cc23)CCN1C(=O)C(=C)F. The largest absolute Gasteiger partial charge is 0.461 e. The second-order valence-electron chi connectivity index (χ2n) is 13.0. The van der Waals surface area contributed by atoms with E-state index in [2.05, 4.69) is 21.3 Å². The lowest BCUT2D eigenvalue weighted by atomic mass is 9.85. The number of amides is 1. The summed E-state index contributed by atoms with van der Waals surface area (Å²) in [5.41, 5.74) is 2.36. The van der Waals surface area contributed by atoms with Crippen LogP contribution in [0.15, 0.2) is 36.7 Å². The van der Waals surface area contributed by atoms with Gasteiger partial charge in [-0.2, -0.15) is 9.97 Å². The first-order chi connectivity index (χ1) is 22.3. The van der Waals surface area contributed by atoms with E-state index < -0.39 is 29.4 Å². The number of rotatable bonds is 7. The van der Waals surface area contributed by atoms with E-state index in [9.17, 15) is 9.18 Å². The Hall–Kier alpha value is -4.17. The Bertz CT molecular complexity index is 1750. The number of carbonyl (C=O) groups is 1. The zero-order chi connectivity index (χ0) is 32.0. The van der Waals surface area contributed by atoms with Crippen LogP contribution in [0.2, 0.25) is 0 Å². The topological polar surface area (TPSA) is 66.2 Å². The molecular formula is C35H37F3N6O2. The predicted octanol–water partition coefficient (Wildman–Crippen LogP) is 5.88. The molecule has 0 radical (unpaired) electrons. The first kappa shape index (κ1) is 30.5. The number of benzene rings is 2. The fraction of sp³-hybridized carbons (Fsp3) is 0.486. The highest BCUT2D eigenvalue weighted by Gasteiger charge is 2.45. The summed E-state index contributed by atoms with van der Waals surface area (Å²) >= 11 is 0. The molecule has 1 atom stereocenters. The molecule has 0 unspecified atom stereocenters. The zero-order valence-electron chi connectivity index (χ0n) is 25.8. The Morgan fingerprint density at radius 2 is 1.87 bits per heavy atom. The Morgan fingerprint density at radius 1 is 1.09 bits per heavy atom. The number of nitrogens with zero attached hydrogens (tertiary/aromatic N) is 6. The maximum absolute atomic E-state index is 16.8. The number of hydrogen-bond donors (Lipinski definition) is 0. The fourth-order valence-corrected chi connectivity index (χ4v) is 8.12. The van der Waals surface area contributed by atoms with E-state index in [0.717, 1.165) is 75.6 Å². The summed E-state index contributed by atoms with van der Waals surface area (Å²) in [6, 6.07) is 6.26. The van der Waals surface area contributed by atoms with E-state index in [1.807, 2.05) is 12.1 Å². The van der Waals surface area contributed by atoms with Crippen LogP contribution >= 0.6 is 0 Å². The number of aryl methyl sites for hydroxylation is 1. The van der Waals surface area contributed by atoms with Crippen molar-refractivity contribution in [1.82, 2.24) is 19.8 Å². The first-order valence-electron chi connectivity index (χ1n) is 16.2. The van der Waals surface area contributed by atoms with Crippen molar-refractivity contribution < 1.29 is 22.7 Å². The molecule has 1 aliphatic carbocycles. The summed E-state index contributed by atoms with van der Waals surface area (Å²) in [6.07, 6.45) is 7.81. The van der Waals surface area contributed by atoms with Gasteiger partial charge in [-0.1, -0.05) is 24.8 Å². The van der Waals surface area contributed by atoms with Gasteiger partial charge in [-0.25, -0.2) is 19.7 Å². The molecule has 7 rings (SSSR count). The van der Waals surface area contributed by atoms with Gasteiger partial charge in [0.1, 0.15) is 29.8 Å². The molecule has 4 heterocycles. The summed E-state index contributed by atoms with van der Waals surface area (Å²) in [6.45, 7) is 13.3. The van der Waals surface area contributed by atoms with Gasteiger partial charge in [0.05, 0.1) is 11.1 Å². The molecule has 4 aliphatic rings. The van der Waals surface area contributed by atoms with Crippen LogP contribution in [0.5, 0.6) is 6.01 Å². The predicted molar refractivity (Wildman–Crippen MR) is 169 cm³/mol. The van der Waals surface area contributed by atoms with Gasteiger partial charge in [0.2, 0.25) is 6.54 Å². The van der Waals surface area contributed by atoms with Crippen LogP contribution < -0.4 is 9.64 Å². The molecule has 8 nitrogen and oxygen atoms in total. The highest BCUT2D eigenvalue weighted by atomic mass is 19.1. The molecule has 240 valence electrons. The normalized spacial score (nSPS) is 20.8. The van der Waals surface area contributed by atoms with Crippen molar-refractivity contribution in [1.29, 1.82) is 0 Å². The van der Waals surface area contributed by atoms with E-state index in [-0.39, 0.29) is 60.0 Å². The van der Waals surface area contributed by atoms with Crippen molar-refractivity contribution in [2.45, 2.75) is 62.9 Å². The Balaban J connectivity index is 1.33. The molecule has 1 amide bonds. The average Bonchev–Trinajstić information content (AvgIpc) is 3.64. The van der Waals surface area contributed by atoms with E-state index in [1.165, 1.54) is 11.0 Å². The molecular weight excluding hydrogens is 593 g/mol. The number of piperazine rings is 1. The third kappa shape index (κ3) is 5.26. The minimum Gasteiger partial charge on any atom is -0.461 e. The molecule has 3 fully saturated rings. The molecule has 0 bridgehead atoms. The molecule has 0 spiro atoms. The van der Waals surface area contributed by atoms with Crippen molar-refractivity contribution in [2.75, 3.05) is 50.8 Å². The fourth-order valence-electron chi connectivity index (χ4n) is 8.12. The van der Waals surface area contributed by atoms with Gasteiger partial charge in [0, 0.05) is 25.0 Å². The van der Waals surface area contributed by atoms with Crippen LogP contribution in [0.4, 0.5) is 19.0 Å². The van der Waals surface area contributed by atoms with Crippen molar-refractivity contribution in [2.24, 2.45) is 0 Å². The van der Waals surface area contributed by atoms with Gasteiger partial charge in [-0.05, 0) is 87.2 Å². The lowest BCUT2D eigenvalue weighted by Gasteiger charge is -2.39. The Kier molecular flexibility index (Phi) is 8.09. The van der Waals surface area contributed by atoms with Gasteiger partial charge >= 0.3 is 6.01 Å². The van der Waals surface area contributed by atoms with E-state index >= 15 is 8.78 Å². The first-order valence-corrected chi connectivity index (χ1v) is 16.2. The van der Waals surface area contributed by atoms with Gasteiger partial charge in [-0.15, -0.1) is 0 Å². The molecule has 2 aromatic carbocycles. The summed E-state index contributed by atoms with van der Waals surface area (Å²) in [5.74, 6) is -3.19. The third-order valence-electron chi connectivity index (χ3n) is 10.4. The molecule has 0 saturated carbocycles. The van der Waals surface area contributed by atoms with Crippen molar-refractivity contribution in [3.8, 4) is 17.1 Å². The van der Waals surface area contributed by atoms with E-state index in [1.54, 1.807) is 11.0 Å². The van der Waals surface area contributed by atoms with Crippen molar-refractivity contribution >= 4 is 22.6 Å². The van der Waals surface area contributed by atoms with Crippen LogP contribution in [0, 0.1) is 18.2 Å². The van der Waals surface area contributed by atoms with E-state index in [0.29, 0.717) is 12.2 Å². The average molecular weight is 631 g/mol. The zero-order valence-corrected chi connectivity index (χ0v) is 25.8. The number of hydrogen-bond acceptors (Lipinski definition) is 6. The van der Waals surface area contributed by atoms with Gasteiger partial charge in [-0.3, -0.25) is 9.69 Å². The van der Waals surface area contributed by atoms with Crippen LogP contribution in [0.25, 0.3) is 26.9 Å². The maximum Gasteiger partial charge on any atom is 0.319 e. The summed E-state index contributed by atoms with van der Waals surface area (Å²) in [7, 11) is 0. The summed E-state index contributed by atoms with van der Waals surface area (Å²) in [4.78, 5) is 30.8. The quantitative estimate of drug-likeness (QED) is 0.240. The number of fused-ring (bicyclic) bond motifs is 3. The second kappa shape index (κ2) is 12.2. The number of aromatic nitrogens is 2. The molecule has 1 aromatic heterocycles. The van der Waals surface area contributed by atoms with Crippen molar-refractivity contribution in [3.63, 3.8) is 0 Å². The van der Waals surface area contributed by atoms with E-state index in [4.69, 9.17) is 16.3 Å². The smallest absolute Gasteiger partial charge is 0.319 e. The third-order valence-corrected chi connectivity index (χ3v) is 10.4. The minimum atomic E-state index is -1.10. The lowest BCUT2D eigenvalue weighted by molar-refractivity contribution is -0.131. The maximum atomic E-state index is 16.8. The van der Waals surface area contributed by atoms with Crippen LogP contribution in [0.1, 0.15) is 49.7 Å². The Morgan fingerprint density at radius 3 is 2.63 bits per heavy atom. The highest BCUT2D eigenvalue weighted by molar-refractivity contribution is 5.95. The van der Waals surface area contributed by atoms with Gasteiger partial charge in [0.25, 0.3) is 5.91 Å². The monoisotopic (exact) mass is 630 g/mol. The number of carbonyl (C=O) groups excluding carboxylic acids is 1. The molecule has 11 heteroatoms. The van der Waals surface area contributed by atoms with Crippen LogP contribution in [0.3, 0.4) is 0 Å². The summed E-state index contributed by atoms with van der Waals surface area (Å²) in [5, 5.41) is 0.175. The highest BCUT2D eigenvalue weighted by Crippen LogP contribution is 2.41. The molecule has 0 N–H and O–H groups in total. The molecule has 3 aromatic rings. The molecule has 3 aliphatic heterocycles. The summed E-state index contributed by atoms with van der Waals surface area (Å²) < 4.78 is 53.1. The van der Waals surface area contributed by atoms with Crippen molar-refractivity contribution in [3.05, 3.63) is 70.8 Å². The van der Waals surface area contributed by atoms with Gasteiger partial charge in [0.15, 0.2) is 11.6 Å². The van der Waals surface area contributed by atoms with Crippen LogP contribution in [-0.2, 0) is 17.6 Å². The lowest BCUT2D eigenvalue weighted by Crippen LogP contribution is -2.56. The molecule has 46 heavy (non-hydrogen) atoms. The van der Waals surface area contributed by atoms with Gasteiger partial charge < -0.3 is 19.4 Å². The Labute approximate surface area is 266 Å². The molecule has 3 saturated heterocycles. The standard InChI is InChI=1S/C35H37F3N6O2/c1-22(36)33(45)44-17-16-42(20-24(44)19-39-2)32-27-18-28(37)29(26-11-5-9-23-8-3-4-10-25(23)26)30(38)31(27)40-34(41-32)46-21-35-12-6-14-43(35)15-7-13-35/h5,9,11,18,24H,1,3-4,6-8,10,12-17,19-21H2/t24-/m0/s1. The second-order valence-corrected chi connectivity index (χ2v) is 13.0. The minimum absolute atomic E-state index is 0.000422. The number of halogens is 3. The number of anilines is 1. The van der Waals surface area contributed by atoms with Crippen LogP contribution in [-0.4, -0.2) is 83.1 Å². The number of ether oxygens (including phenoxy) is 1.